The van der Waals surface area contributed by atoms with Crippen LogP contribution in [0.4, 0.5) is 5.82 Å². The summed E-state index contributed by atoms with van der Waals surface area (Å²) in [5.74, 6) is 1.53. The fourth-order valence-electron chi connectivity index (χ4n) is 3.26. The van der Waals surface area contributed by atoms with Crippen LogP contribution >= 0.6 is 0 Å². The van der Waals surface area contributed by atoms with E-state index in [1.165, 1.54) is 0 Å². The van der Waals surface area contributed by atoms with Crippen molar-refractivity contribution in [2.24, 2.45) is 0 Å². The van der Waals surface area contributed by atoms with Gasteiger partial charge in [0.15, 0.2) is 5.82 Å². The van der Waals surface area contributed by atoms with E-state index in [2.05, 4.69) is 9.97 Å². The highest BCUT2D eigenvalue weighted by Gasteiger charge is 2.27. The van der Waals surface area contributed by atoms with Gasteiger partial charge in [0.1, 0.15) is 5.82 Å². The van der Waals surface area contributed by atoms with Crippen LogP contribution < -0.4 is 4.90 Å². The maximum Gasteiger partial charge on any atom is 0.255 e. The third-order valence-corrected chi connectivity index (χ3v) is 4.60. The quantitative estimate of drug-likeness (QED) is 0.713. The van der Waals surface area contributed by atoms with Gasteiger partial charge < -0.3 is 9.80 Å². The molecule has 4 rings (SSSR count). The van der Waals surface area contributed by atoms with Crippen LogP contribution in [0.1, 0.15) is 21.6 Å². The molecular formula is C20H20N6O. The summed E-state index contributed by atoms with van der Waals surface area (Å²) in [6.45, 7) is 1.10. The van der Waals surface area contributed by atoms with Crippen LogP contribution in [0.2, 0.25) is 0 Å². The summed E-state index contributed by atoms with van der Waals surface area (Å²) < 4.78 is 0. The molecule has 3 aromatic rings. The maximum atomic E-state index is 12.8. The highest BCUT2D eigenvalue weighted by Crippen LogP contribution is 2.28. The van der Waals surface area contributed by atoms with Gasteiger partial charge in [-0.25, -0.2) is 9.97 Å². The van der Waals surface area contributed by atoms with Crippen molar-refractivity contribution in [2.45, 2.75) is 13.0 Å². The number of nitrogens with zero attached hydrogens (tertiary/aromatic N) is 6. The molecule has 0 saturated heterocycles. The second-order valence-corrected chi connectivity index (χ2v) is 6.64. The van der Waals surface area contributed by atoms with Gasteiger partial charge >= 0.3 is 0 Å². The minimum absolute atomic E-state index is 0.0239. The highest BCUT2D eigenvalue weighted by atomic mass is 16.2. The Bertz CT molecular complexity index is 959. The second-order valence-electron chi connectivity index (χ2n) is 6.64. The Kier molecular flexibility index (Phi) is 4.50. The van der Waals surface area contributed by atoms with E-state index in [0.717, 1.165) is 29.1 Å². The van der Waals surface area contributed by atoms with E-state index in [1.54, 1.807) is 36.9 Å². The van der Waals surface area contributed by atoms with Gasteiger partial charge in [-0.2, -0.15) is 0 Å². The minimum atomic E-state index is -0.0239. The number of carbonyl (C=O) groups excluding carboxylic acids is 1. The summed E-state index contributed by atoms with van der Waals surface area (Å²) in [7, 11) is 3.96. The molecule has 0 N–H and O–H groups in total. The molecule has 1 amide bonds. The molecule has 7 nitrogen and oxygen atoms in total. The number of amides is 1. The average molecular weight is 360 g/mol. The molecule has 1 aliphatic rings. The predicted molar refractivity (Wildman–Crippen MR) is 102 cm³/mol. The standard InChI is InChI=1S/C20H20N6O/c1-25(2)19-16-7-11-26(20(27)15-4-3-8-22-12-15)13-17(16)23-18(24-19)14-5-9-21-10-6-14/h3-6,8-10,12H,7,11,13H2,1-2H3. The first-order valence-electron chi connectivity index (χ1n) is 8.80. The Morgan fingerprint density at radius 3 is 2.59 bits per heavy atom. The Balaban J connectivity index is 1.71. The van der Waals surface area contributed by atoms with Gasteiger partial charge in [0.05, 0.1) is 17.8 Å². The zero-order valence-corrected chi connectivity index (χ0v) is 15.3. The van der Waals surface area contributed by atoms with E-state index in [1.807, 2.05) is 36.0 Å². The Hall–Kier alpha value is -3.35. The van der Waals surface area contributed by atoms with E-state index >= 15 is 0 Å². The maximum absolute atomic E-state index is 12.8. The summed E-state index contributed by atoms with van der Waals surface area (Å²) >= 11 is 0. The lowest BCUT2D eigenvalue weighted by Crippen LogP contribution is -2.37. The molecule has 0 radical (unpaired) electrons. The molecule has 3 aromatic heterocycles. The number of hydrogen-bond acceptors (Lipinski definition) is 6. The smallest absolute Gasteiger partial charge is 0.255 e. The van der Waals surface area contributed by atoms with Gasteiger partial charge in [0.2, 0.25) is 0 Å². The number of pyridine rings is 2. The van der Waals surface area contributed by atoms with Crippen LogP contribution in [-0.2, 0) is 13.0 Å². The molecule has 0 spiro atoms. The lowest BCUT2D eigenvalue weighted by Gasteiger charge is -2.30. The highest BCUT2D eigenvalue weighted by molar-refractivity contribution is 5.94. The Morgan fingerprint density at radius 1 is 1.07 bits per heavy atom. The molecular weight excluding hydrogens is 340 g/mol. The number of carbonyl (C=O) groups is 1. The SMILES string of the molecule is CN(C)c1nc(-c2ccncc2)nc2c1CCN(C(=O)c1cccnc1)C2. The van der Waals surface area contributed by atoms with Crippen LogP contribution in [0.3, 0.4) is 0 Å². The number of hydrogen-bond donors (Lipinski definition) is 0. The molecule has 4 heterocycles. The summed E-state index contributed by atoms with van der Waals surface area (Å²) in [6.07, 6.45) is 7.45. The number of aromatic nitrogens is 4. The summed E-state index contributed by atoms with van der Waals surface area (Å²) in [5.41, 5.74) is 3.50. The van der Waals surface area contributed by atoms with Gasteiger partial charge in [0.25, 0.3) is 5.91 Å². The van der Waals surface area contributed by atoms with Crippen molar-refractivity contribution >= 4 is 11.7 Å². The molecule has 136 valence electrons. The van der Waals surface area contributed by atoms with Gasteiger partial charge in [0, 0.05) is 56.6 Å². The van der Waals surface area contributed by atoms with Gasteiger partial charge in [-0.15, -0.1) is 0 Å². The lowest BCUT2D eigenvalue weighted by molar-refractivity contribution is 0.0731. The van der Waals surface area contributed by atoms with Crippen LogP contribution in [-0.4, -0.2) is 51.4 Å². The van der Waals surface area contributed by atoms with Crippen molar-refractivity contribution in [2.75, 3.05) is 25.5 Å². The average Bonchev–Trinajstić information content (AvgIpc) is 2.73. The topological polar surface area (TPSA) is 75.1 Å². The molecule has 0 unspecified atom stereocenters. The van der Waals surface area contributed by atoms with Gasteiger partial charge in [-0.3, -0.25) is 14.8 Å². The van der Waals surface area contributed by atoms with Crippen LogP contribution in [0.15, 0.2) is 49.1 Å². The van der Waals surface area contributed by atoms with E-state index in [9.17, 15) is 4.79 Å². The fraction of sp³-hybridized carbons (Fsp3) is 0.250. The van der Waals surface area contributed by atoms with Crippen molar-refractivity contribution in [1.29, 1.82) is 0 Å². The van der Waals surface area contributed by atoms with Crippen LogP contribution in [0.5, 0.6) is 0 Å². The second kappa shape index (κ2) is 7.11. The molecule has 0 bridgehead atoms. The molecule has 0 fully saturated rings. The first-order valence-corrected chi connectivity index (χ1v) is 8.80. The molecule has 0 saturated carbocycles. The third kappa shape index (κ3) is 3.36. The zero-order valence-electron chi connectivity index (χ0n) is 15.3. The summed E-state index contributed by atoms with van der Waals surface area (Å²) in [5, 5.41) is 0. The zero-order chi connectivity index (χ0) is 18.8. The number of rotatable bonds is 3. The first-order chi connectivity index (χ1) is 13.1. The van der Waals surface area contributed by atoms with E-state index in [4.69, 9.17) is 9.97 Å². The van der Waals surface area contributed by atoms with Crippen molar-refractivity contribution in [3.63, 3.8) is 0 Å². The lowest BCUT2D eigenvalue weighted by atomic mass is 10.0. The van der Waals surface area contributed by atoms with Gasteiger partial charge in [-0.05, 0) is 30.7 Å². The van der Waals surface area contributed by atoms with Crippen molar-refractivity contribution in [1.82, 2.24) is 24.8 Å². The first kappa shape index (κ1) is 17.1. The van der Waals surface area contributed by atoms with E-state index in [0.29, 0.717) is 24.5 Å². The normalized spacial score (nSPS) is 13.2. The number of fused-ring (bicyclic) bond motifs is 1. The number of anilines is 1. The monoisotopic (exact) mass is 360 g/mol. The molecule has 0 atom stereocenters. The summed E-state index contributed by atoms with van der Waals surface area (Å²) in [4.78, 5) is 34.3. The molecule has 27 heavy (non-hydrogen) atoms. The molecule has 0 aliphatic carbocycles. The van der Waals surface area contributed by atoms with Crippen molar-refractivity contribution in [3.05, 3.63) is 65.9 Å². The summed E-state index contributed by atoms with van der Waals surface area (Å²) in [6, 6.07) is 7.35. The third-order valence-electron chi connectivity index (χ3n) is 4.60. The minimum Gasteiger partial charge on any atom is -0.362 e. The Morgan fingerprint density at radius 2 is 1.89 bits per heavy atom. The van der Waals surface area contributed by atoms with Crippen molar-refractivity contribution in [3.8, 4) is 11.4 Å². The Labute approximate surface area is 157 Å². The van der Waals surface area contributed by atoms with E-state index < -0.39 is 0 Å². The largest absolute Gasteiger partial charge is 0.362 e. The van der Waals surface area contributed by atoms with Crippen molar-refractivity contribution < 1.29 is 4.79 Å². The molecule has 0 aromatic carbocycles. The van der Waals surface area contributed by atoms with Crippen LogP contribution in [0, 0.1) is 0 Å². The molecule has 7 heteroatoms. The molecule has 1 aliphatic heterocycles. The van der Waals surface area contributed by atoms with Gasteiger partial charge in [-0.1, -0.05) is 0 Å². The predicted octanol–water partition coefficient (Wildman–Crippen LogP) is 2.20. The fourth-order valence-corrected chi connectivity index (χ4v) is 3.26. The van der Waals surface area contributed by atoms with Crippen LogP contribution in [0.25, 0.3) is 11.4 Å². The van der Waals surface area contributed by atoms with E-state index in [-0.39, 0.29) is 5.91 Å².